The van der Waals surface area contributed by atoms with E-state index >= 15 is 0 Å². The highest BCUT2D eigenvalue weighted by Crippen LogP contribution is 2.20. The summed E-state index contributed by atoms with van der Waals surface area (Å²) in [6.45, 7) is 6.39. The van der Waals surface area contributed by atoms with Crippen molar-refractivity contribution >= 4 is 5.91 Å². The molecule has 1 aliphatic heterocycles. The topological polar surface area (TPSA) is 64.8 Å². The number of amides is 1. The zero-order valence-electron chi connectivity index (χ0n) is 14.2. The van der Waals surface area contributed by atoms with Gasteiger partial charge in [0.2, 0.25) is 0 Å². The van der Waals surface area contributed by atoms with Crippen molar-refractivity contribution in [2.75, 3.05) is 26.3 Å². The van der Waals surface area contributed by atoms with Crippen molar-refractivity contribution < 1.29 is 14.3 Å². The highest BCUT2D eigenvalue weighted by molar-refractivity contribution is 5.77. The van der Waals surface area contributed by atoms with Gasteiger partial charge < -0.3 is 20.1 Å². The average molecular weight is 320 g/mol. The molecule has 1 heterocycles. The van der Waals surface area contributed by atoms with E-state index in [0.717, 1.165) is 38.1 Å². The summed E-state index contributed by atoms with van der Waals surface area (Å²) in [6, 6.07) is 7.52. The standard InChI is InChI=1S/C18H28N2O3/c1-3-11-22-16-6-8-17(9-7-16)23-13-18(21)20-10-4-5-15(12-20)14(2)19/h6-9,14-15H,3-5,10-13,19H2,1-2H3. The second kappa shape index (κ2) is 8.77. The number of nitrogens with zero attached hydrogens (tertiary/aromatic N) is 1. The summed E-state index contributed by atoms with van der Waals surface area (Å²) in [4.78, 5) is 14.2. The summed E-state index contributed by atoms with van der Waals surface area (Å²) in [7, 11) is 0. The number of carbonyl (C=O) groups excluding carboxylic acids is 1. The van der Waals surface area contributed by atoms with Crippen LogP contribution in [0.2, 0.25) is 0 Å². The molecule has 5 heteroatoms. The number of likely N-dealkylation sites (tertiary alicyclic amines) is 1. The SMILES string of the molecule is CCCOc1ccc(OCC(=O)N2CCCC(C(C)N)C2)cc1. The van der Waals surface area contributed by atoms with Crippen LogP contribution < -0.4 is 15.2 Å². The molecule has 0 spiro atoms. The minimum Gasteiger partial charge on any atom is -0.494 e. The molecule has 1 aromatic rings. The Hall–Kier alpha value is -1.75. The molecule has 1 aliphatic rings. The number of benzene rings is 1. The number of nitrogens with two attached hydrogens (primary N) is 1. The molecule has 0 radical (unpaired) electrons. The first-order chi connectivity index (χ1) is 11.1. The first kappa shape index (κ1) is 17.6. The van der Waals surface area contributed by atoms with E-state index < -0.39 is 0 Å². The highest BCUT2D eigenvalue weighted by Gasteiger charge is 2.25. The van der Waals surface area contributed by atoms with Crippen LogP contribution in [0.5, 0.6) is 11.5 Å². The summed E-state index contributed by atoms with van der Waals surface area (Å²) < 4.78 is 11.1. The third-order valence-electron chi connectivity index (χ3n) is 4.21. The lowest BCUT2D eigenvalue weighted by atomic mass is 9.92. The molecule has 1 aromatic carbocycles. The van der Waals surface area contributed by atoms with Crippen LogP contribution in [0.1, 0.15) is 33.1 Å². The molecule has 0 saturated carbocycles. The molecule has 1 amide bonds. The molecule has 2 N–H and O–H groups in total. The number of hydrogen-bond donors (Lipinski definition) is 1. The van der Waals surface area contributed by atoms with Crippen LogP contribution in [0.15, 0.2) is 24.3 Å². The highest BCUT2D eigenvalue weighted by atomic mass is 16.5. The maximum atomic E-state index is 12.3. The molecule has 1 saturated heterocycles. The van der Waals surface area contributed by atoms with Gasteiger partial charge in [0.05, 0.1) is 6.61 Å². The Labute approximate surface area is 138 Å². The van der Waals surface area contributed by atoms with Gasteiger partial charge >= 0.3 is 0 Å². The van der Waals surface area contributed by atoms with Gasteiger partial charge in [-0.25, -0.2) is 0 Å². The summed E-state index contributed by atoms with van der Waals surface area (Å²) in [5.74, 6) is 1.92. The second-order valence-corrected chi connectivity index (χ2v) is 6.21. The zero-order valence-corrected chi connectivity index (χ0v) is 14.2. The Morgan fingerprint density at radius 3 is 2.57 bits per heavy atom. The second-order valence-electron chi connectivity index (χ2n) is 6.21. The van der Waals surface area contributed by atoms with E-state index in [1.807, 2.05) is 36.1 Å². The maximum absolute atomic E-state index is 12.3. The van der Waals surface area contributed by atoms with E-state index in [2.05, 4.69) is 6.92 Å². The van der Waals surface area contributed by atoms with Crippen LogP contribution in [0.4, 0.5) is 0 Å². The number of rotatable bonds is 7. The summed E-state index contributed by atoms with van der Waals surface area (Å²) in [5, 5.41) is 0. The fourth-order valence-electron chi connectivity index (χ4n) is 2.75. The quantitative estimate of drug-likeness (QED) is 0.838. The molecular formula is C18H28N2O3. The van der Waals surface area contributed by atoms with Crippen LogP contribution in [0.25, 0.3) is 0 Å². The van der Waals surface area contributed by atoms with Gasteiger partial charge in [-0.1, -0.05) is 6.92 Å². The molecule has 5 nitrogen and oxygen atoms in total. The Morgan fingerprint density at radius 2 is 1.96 bits per heavy atom. The van der Waals surface area contributed by atoms with Gasteiger partial charge in [-0.05, 0) is 56.4 Å². The molecule has 0 aliphatic carbocycles. The molecular weight excluding hydrogens is 292 g/mol. The first-order valence-corrected chi connectivity index (χ1v) is 8.49. The van der Waals surface area contributed by atoms with E-state index in [9.17, 15) is 4.79 Å². The van der Waals surface area contributed by atoms with Crippen LogP contribution in [0, 0.1) is 5.92 Å². The average Bonchev–Trinajstić information content (AvgIpc) is 2.58. The van der Waals surface area contributed by atoms with Gasteiger partial charge in [0, 0.05) is 19.1 Å². The van der Waals surface area contributed by atoms with Crippen molar-refractivity contribution in [1.82, 2.24) is 4.90 Å². The smallest absolute Gasteiger partial charge is 0.260 e. The minimum atomic E-state index is 0.0293. The first-order valence-electron chi connectivity index (χ1n) is 8.49. The van der Waals surface area contributed by atoms with Crippen molar-refractivity contribution in [2.24, 2.45) is 11.7 Å². The van der Waals surface area contributed by atoms with Gasteiger partial charge in [-0.15, -0.1) is 0 Å². The number of hydrogen-bond acceptors (Lipinski definition) is 4. The summed E-state index contributed by atoms with van der Waals surface area (Å²) in [6.07, 6.45) is 3.09. The Bertz CT molecular complexity index is 488. The largest absolute Gasteiger partial charge is 0.494 e. The summed E-state index contributed by atoms with van der Waals surface area (Å²) in [5.41, 5.74) is 5.96. The van der Waals surface area contributed by atoms with Gasteiger partial charge in [-0.2, -0.15) is 0 Å². The minimum absolute atomic E-state index is 0.0293. The molecule has 2 unspecified atom stereocenters. The lowest BCUT2D eigenvalue weighted by Crippen LogP contribution is -2.46. The summed E-state index contributed by atoms with van der Waals surface area (Å²) >= 11 is 0. The molecule has 1 fully saturated rings. The van der Waals surface area contributed by atoms with E-state index in [4.69, 9.17) is 15.2 Å². The van der Waals surface area contributed by atoms with Gasteiger partial charge in [0.25, 0.3) is 5.91 Å². The fraction of sp³-hybridized carbons (Fsp3) is 0.611. The van der Waals surface area contributed by atoms with E-state index in [1.165, 1.54) is 0 Å². The maximum Gasteiger partial charge on any atom is 0.260 e. The van der Waals surface area contributed by atoms with Crippen LogP contribution >= 0.6 is 0 Å². The fourth-order valence-corrected chi connectivity index (χ4v) is 2.75. The van der Waals surface area contributed by atoms with E-state index in [-0.39, 0.29) is 18.6 Å². The van der Waals surface area contributed by atoms with Crippen molar-refractivity contribution in [1.29, 1.82) is 0 Å². The monoisotopic (exact) mass is 320 g/mol. The number of piperidine rings is 1. The third-order valence-corrected chi connectivity index (χ3v) is 4.21. The Morgan fingerprint density at radius 1 is 1.30 bits per heavy atom. The van der Waals surface area contributed by atoms with Crippen molar-refractivity contribution in [2.45, 2.75) is 39.2 Å². The van der Waals surface area contributed by atoms with Crippen LogP contribution in [0.3, 0.4) is 0 Å². The molecule has 128 valence electrons. The molecule has 23 heavy (non-hydrogen) atoms. The van der Waals surface area contributed by atoms with Crippen LogP contribution in [-0.2, 0) is 4.79 Å². The number of carbonyl (C=O) groups is 1. The van der Waals surface area contributed by atoms with Gasteiger partial charge in [0.1, 0.15) is 11.5 Å². The molecule has 0 bridgehead atoms. The van der Waals surface area contributed by atoms with Crippen molar-refractivity contribution in [3.63, 3.8) is 0 Å². The van der Waals surface area contributed by atoms with E-state index in [0.29, 0.717) is 18.3 Å². The Kier molecular flexibility index (Phi) is 6.71. The zero-order chi connectivity index (χ0) is 16.7. The molecule has 0 aromatic heterocycles. The third kappa shape index (κ3) is 5.43. The van der Waals surface area contributed by atoms with Gasteiger partial charge in [-0.3, -0.25) is 4.79 Å². The predicted molar refractivity (Wildman–Crippen MR) is 90.7 cm³/mol. The van der Waals surface area contributed by atoms with E-state index in [1.54, 1.807) is 0 Å². The van der Waals surface area contributed by atoms with Crippen LogP contribution in [-0.4, -0.2) is 43.2 Å². The van der Waals surface area contributed by atoms with Gasteiger partial charge in [0.15, 0.2) is 6.61 Å². The number of ether oxygens (including phenoxy) is 2. The Balaban J connectivity index is 1.79. The predicted octanol–water partition coefficient (Wildman–Crippen LogP) is 2.44. The molecule has 2 atom stereocenters. The lowest BCUT2D eigenvalue weighted by Gasteiger charge is -2.34. The lowest BCUT2D eigenvalue weighted by molar-refractivity contribution is -0.135. The van der Waals surface area contributed by atoms with Crippen molar-refractivity contribution in [3.05, 3.63) is 24.3 Å². The van der Waals surface area contributed by atoms with Crippen molar-refractivity contribution in [3.8, 4) is 11.5 Å². The molecule has 2 rings (SSSR count). The normalized spacial score (nSPS) is 19.3.